The van der Waals surface area contributed by atoms with E-state index in [9.17, 15) is 8.42 Å². The number of hydrogen-bond acceptors (Lipinski definition) is 4. The summed E-state index contributed by atoms with van der Waals surface area (Å²) < 4.78 is 27.0. The Balaban J connectivity index is 1.73. The molecule has 0 radical (unpaired) electrons. The highest BCUT2D eigenvalue weighted by atomic mass is 32.2. The maximum absolute atomic E-state index is 12.7. The normalized spacial score (nSPS) is 22.7. The van der Waals surface area contributed by atoms with Crippen LogP contribution in [0, 0.1) is 5.41 Å². The Morgan fingerprint density at radius 3 is 2.33 bits per heavy atom. The molecule has 2 heterocycles. The van der Waals surface area contributed by atoms with Crippen LogP contribution in [0.25, 0.3) is 0 Å². The molecule has 0 aromatic heterocycles. The molecule has 2 saturated heterocycles. The summed E-state index contributed by atoms with van der Waals surface area (Å²) >= 11 is 0. The quantitative estimate of drug-likeness (QED) is 0.870. The lowest BCUT2D eigenvalue weighted by Crippen LogP contribution is -2.43. The molecule has 1 spiro atoms. The number of nitrogens with zero attached hydrogens (tertiary/aromatic N) is 1. The van der Waals surface area contributed by atoms with Crippen LogP contribution in [0.5, 0.6) is 0 Å². The first-order valence-electron chi connectivity index (χ1n) is 7.56. The van der Waals surface area contributed by atoms with Crippen molar-refractivity contribution < 1.29 is 8.42 Å². The highest BCUT2D eigenvalue weighted by Crippen LogP contribution is 2.38. The van der Waals surface area contributed by atoms with E-state index in [1.807, 2.05) is 0 Å². The molecule has 3 rings (SSSR count). The van der Waals surface area contributed by atoms with Gasteiger partial charge in [-0.15, -0.1) is 0 Å². The van der Waals surface area contributed by atoms with Gasteiger partial charge in [-0.25, -0.2) is 8.42 Å². The van der Waals surface area contributed by atoms with Gasteiger partial charge in [0, 0.05) is 26.2 Å². The number of nitrogens with two attached hydrogens (primary N) is 1. The largest absolute Gasteiger partial charge is 0.326 e. The second kappa shape index (κ2) is 5.68. The molecule has 0 saturated carbocycles. The maximum Gasteiger partial charge on any atom is 0.243 e. The molecule has 0 amide bonds. The molecule has 0 aliphatic carbocycles. The van der Waals surface area contributed by atoms with E-state index in [-0.39, 0.29) is 0 Å². The first-order chi connectivity index (χ1) is 10.1. The number of sulfonamides is 1. The summed E-state index contributed by atoms with van der Waals surface area (Å²) in [7, 11) is -3.36. The summed E-state index contributed by atoms with van der Waals surface area (Å²) in [6, 6.07) is 6.91. The van der Waals surface area contributed by atoms with Gasteiger partial charge >= 0.3 is 0 Å². The number of piperidine rings is 1. The molecule has 0 unspecified atom stereocenters. The SMILES string of the molecule is NCc1ccc(S(=O)(=O)N2CCC3(CCNC3)CC2)cc1. The molecule has 116 valence electrons. The third kappa shape index (κ3) is 2.85. The average Bonchev–Trinajstić information content (AvgIpc) is 2.96. The van der Waals surface area contributed by atoms with E-state index in [0.29, 0.717) is 29.9 Å². The third-order valence-corrected chi connectivity index (χ3v) is 6.82. The zero-order valence-corrected chi connectivity index (χ0v) is 13.0. The van der Waals surface area contributed by atoms with Gasteiger partial charge in [-0.05, 0) is 48.9 Å². The van der Waals surface area contributed by atoms with Crippen LogP contribution < -0.4 is 11.1 Å². The van der Waals surface area contributed by atoms with Gasteiger partial charge in [-0.1, -0.05) is 12.1 Å². The number of hydrogen-bond donors (Lipinski definition) is 2. The van der Waals surface area contributed by atoms with Gasteiger partial charge in [0.25, 0.3) is 0 Å². The van der Waals surface area contributed by atoms with E-state index in [1.165, 1.54) is 6.42 Å². The van der Waals surface area contributed by atoms with E-state index in [4.69, 9.17) is 5.73 Å². The summed E-state index contributed by atoms with van der Waals surface area (Å²) in [5, 5.41) is 3.40. The van der Waals surface area contributed by atoms with Gasteiger partial charge in [0.1, 0.15) is 0 Å². The van der Waals surface area contributed by atoms with Crippen molar-refractivity contribution in [3.05, 3.63) is 29.8 Å². The van der Waals surface area contributed by atoms with Crippen LogP contribution >= 0.6 is 0 Å². The number of nitrogens with one attached hydrogen (secondary N) is 1. The summed E-state index contributed by atoms with van der Waals surface area (Å²) in [4.78, 5) is 0.375. The van der Waals surface area contributed by atoms with Crippen LogP contribution in [0.1, 0.15) is 24.8 Å². The predicted octanol–water partition coefficient (Wildman–Crippen LogP) is 0.909. The number of rotatable bonds is 3. The standard InChI is InChI=1S/C15H23N3O2S/c16-11-13-1-3-14(4-2-13)21(19,20)18-9-6-15(7-10-18)5-8-17-12-15/h1-4,17H,5-12,16H2. The smallest absolute Gasteiger partial charge is 0.243 e. The van der Waals surface area contributed by atoms with Crippen molar-refractivity contribution in [3.63, 3.8) is 0 Å². The van der Waals surface area contributed by atoms with Crippen molar-refractivity contribution in [3.8, 4) is 0 Å². The molecule has 21 heavy (non-hydrogen) atoms. The van der Waals surface area contributed by atoms with Crippen LogP contribution in [0.4, 0.5) is 0 Å². The van der Waals surface area contributed by atoms with Crippen LogP contribution in [-0.2, 0) is 16.6 Å². The average molecular weight is 309 g/mol. The Hall–Kier alpha value is -0.950. The second-order valence-electron chi connectivity index (χ2n) is 6.18. The molecule has 6 heteroatoms. The maximum atomic E-state index is 12.7. The van der Waals surface area contributed by atoms with Crippen molar-refractivity contribution in [1.29, 1.82) is 0 Å². The predicted molar refractivity (Wildman–Crippen MR) is 82.2 cm³/mol. The van der Waals surface area contributed by atoms with Crippen LogP contribution in [-0.4, -0.2) is 38.9 Å². The van der Waals surface area contributed by atoms with Crippen molar-refractivity contribution in [2.24, 2.45) is 11.1 Å². The molecular weight excluding hydrogens is 286 g/mol. The fourth-order valence-electron chi connectivity index (χ4n) is 3.37. The lowest BCUT2D eigenvalue weighted by Gasteiger charge is -2.38. The van der Waals surface area contributed by atoms with Crippen LogP contribution in [0.15, 0.2) is 29.2 Å². The summed E-state index contributed by atoms with van der Waals surface area (Å²) in [6.07, 6.45) is 3.09. The highest BCUT2D eigenvalue weighted by Gasteiger charge is 2.40. The lowest BCUT2D eigenvalue weighted by atomic mass is 9.78. The summed E-state index contributed by atoms with van der Waals surface area (Å²) in [6.45, 7) is 3.78. The van der Waals surface area contributed by atoms with Gasteiger partial charge in [-0.3, -0.25) is 0 Å². The Labute approximate surface area is 126 Å². The second-order valence-corrected chi connectivity index (χ2v) is 8.12. The Bertz CT molecular complexity index is 582. The van der Waals surface area contributed by atoms with Crippen molar-refractivity contribution in [2.75, 3.05) is 26.2 Å². The van der Waals surface area contributed by atoms with Gasteiger partial charge in [0.05, 0.1) is 4.90 Å². The van der Waals surface area contributed by atoms with E-state index < -0.39 is 10.0 Å². The van der Waals surface area contributed by atoms with Crippen molar-refractivity contribution in [1.82, 2.24) is 9.62 Å². The van der Waals surface area contributed by atoms with Crippen LogP contribution in [0.2, 0.25) is 0 Å². The molecule has 0 atom stereocenters. The van der Waals surface area contributed by atoms with Gasteiger partial charge in [-0.2, -0.15) is 4.31 Å². The zero-order chi connectivity index (χ0) is 14.9. The minimum atomic E-state index is -3.36. The van der Waals surface area contributed by atoms with Crippen LogP contribution in [0.3, 0.4) is 0 Å². The zero-order valence-electron chi connectivity index (χ0n) is 12.2. The Morgan fingerprint density at radius 1 is 1.14 bits per heavy atom. The topological polar surface area (TPSA) is 75.4 Å². The first kappa shape index (κ1) is 15.0. The molecule has 2 aliphatic rings. The van der Waals surface area contributed by atoms with E-state index in [0.717, 1.165) is 31.5 Å². The molecule has 1 aromatic rings. The minimum absolute atomic E-state index is 0.329. The Kier molecular flexibility index (Phi) is 4.05. The van der Waals surface area contributed by atoms with Gasteiger partial charge in [0.2, 0.25) is 10.0 Å². The molecule has 3 N–H and O–H groups in total. The fourth-order valence-corrected chi connectivity index (χ4v) is 4.81. The third-order valence-electron chi connectivity index (χ3n) is 4.91. The first-order valence-corrected chi connectivity index (χ1v) is 9.00. The monoisotopic (exact) mass is 309 g/mol. The molecule has 5 nitrogen and oxygen atoms in total. The lowest BCUT2D eigenvalue weighted by molar-refractivity contribution is 0.175. The molecule has 2 aliphatic heterocycles. The summed E-state index contributed by atoms with van der Waals surface area (Å²) in [5.74, 6) is 0. The highest BCUT2D eigenvalue weighted by molar-refractivity contribution is 7.89. The molecule has 0 bridgehead atoms. The Morgan fingerprint density at radius 2 is 1.81 bits per heavy atom. The molecular formula is C15H23N3O2S. The fraction of sp³-hybridized carbons (Fsp3) is 0.600. The molecule has 1 aromatic carbocycles. The molecule has 2 fully saturated rings. The van der Waals surface area contributed by atoms with Crippen molar-refractivity contribution >= 4 is 10.0 Å². The minimum Gasteiger partial charge on any atom is -0.326 e. The van der Waals surface area contributed by atoms with E-state index in [2.05, 4.69) is 5.32 Å². The number of benzene rings is 1. The summed E-state index contributed by atoms with van der Waals surface area (Å²) in [5.41, 5.74) is 6.83. The van der Waals surface area contributed by atoms with Gasteiger partial charge < -0.3 is 11.1 Å². The van der Waals surface area contributed by atoms with Gasteiger partial charge in [0.15, 0.2) is 0 Å². The van der Waals surface area contributed by atoms with Crippen molar-refractivity contribution in [2.45, 2.75) is 30.7 Å². The van der Waals surface area contributed by atoms with E-state index >= 15 is 0 Å². The van der Waals surface area contributed by atoms with E-state index in [1.54, 1.807) is 28.6 Å².